The van der Waals surface area contributed by atoms with Crippen molar-refractivity contribution in [1.29, 1.82) is 10.7 Å². The molecule has 0 unspecified atom stereocenters. The second kappa shape index (κ2) is 5.65. The highest BCUT2D eigenvalue weighted by atomic mass is 35.5. The molecule has 0 radical (unpaired) electrons. The summed E-state index contributed by atoms with van der Waals surface area (Å²) >= 11 is 5.58. The van der Waals surface area contributed by atoms with Crippen LogP contribution in [0.25, 0.3) is 0 Å². The molecule has 1 aliphatic rings. The van der Waals surface area contributed by atoms with Crippen molar-refractivity contribution < 1.29 is 0 Å². The van der Waals surface area contributed by atoms with Gasteiger partial charge in [-0.15, -0.1) is 0 Å². The van der Waals surface area contributed by atoms with E-state index in [0.717, 1.165) is 25.9 Å². The largest absolute Gasteiger partial charge is 0.356 e. The standard InChI is InChI=1S/C11H13ClN6/c12-17-10-9(8(14)6-13)11(16-7-15-10)18-4-2-1-3-5-18/h7,14H,1-5H2,(H,15,16,17). The highest BCUT2D eigenvalue weighted by Crippen LogP contribution is 2.26. The van der Waals surface area contributed by atoms with Crippen molar-refractivity contribution in [2.45, 2.75) is 19.3 Å². The van der Waals surface area contributed by atoms with E-state index in [4.69, 9.17) is 22.4 Å². The average molecular weight is 265 g/mol. The molecule has 18 heavy (non-hydrogen) atoms. The first-order chi connectivity index (χ1) is 8.77. The van der Waals surface area contributed by atoms with Gasteiger partial charge in [-0.3, -0.25) is 10.2 Å². The van der Waals surface area contributed by atoms with Gasteiger partial charge in [-0.2, -0.15) is 5.26 Å². The van der Waals surface area contributed by atoms with Crippen LogP contribution in [0, 0.1) is 16.7 Å². The first-order valence-electron chi connectivity index (χ1n) is 5.73. The monoisotopic (exact) mass is 264 g/mol. The summed E-state index contributed by atoms with van der Waals surface area (Å²) in [5, 5.41) is 16.6. The van der Waals surface area contributed by atoms with Crippen LogP contribution < -0.4 is 9.74 Å². The van der Waals surface area contributed by atoms with Crippen LogP contribution in [0.15, 0.2) is 6.33 Å². The van der Waals surface area contributed by atoms with E-state index < -0.39 is 0 Å². The molecule has 0 aromatic carbocycles. The lowest BCUT2D eigenvalue weighted by Gasteiger charge is -2.29. The Labute approximate surface area is 110 Å². The van der Waals surface area contributed by atoms with Gasteiger partial charge in [0.2, 0.25) is 0 Å². The Balaban J connectivity index is 2.45. The molecule has 0 atom stereocenters. The predicted octanol–water partition coefficient (Wildman–Crippen LogP) is 1.92. The fourth-order valence-electron chi connectivity index (χ4n) is 2.08. The van der Waals surface area contributed by atoms with Gasteiger partial charge in [0.15, 0.2) is 5.82 Å². The van der Waals surface area contributed by atoms with Crippen molar-refractivity contribution in [1.82, 2.24) is 9.97 Å². The number of hydrogen-bond acceptors (Lipinski definition) is 6. The molecule has 2 heterocycles. The number of piperidine rings is 1. The Hall–Kier alpha value is -1.87. The number of anilines is 2. The summed E-state index contributed by atoms with van der Waals surface area (Å²) in [5.41, 5.74) is 0.191. The zero-order chi connectivity index (χ0) is 13.0. The van der Waals surface area contributed by atoms with Crippen molar-refractivity contribution in [2.24, 2.45) is 0 Å². The minimum absolute atomic E-state index is 0.181. The number of nitrogens with one attached hydrogen (secondary N) is 2. The second-order valence-corrected chi connectivity index (χ2v) is 4.24. The third kappa shape index (κ3) is 2.36. The molecule has 94 valence electrons. The lowest BCUT2D eigenvalue weighted by atomic mass is 10.1. The van der Waals surface area contributed by atoms with Crippen molar-refractivity contribution in [3.05, 3.63) is 11.9 Å². The van der Waals surface area contributed by atoms with Gasteiger partial charge >= 0.3 is 0 Å². The van der Waals surface area contributed by atoms with Gasteiger partial charge in [0.25, 0.3) is 0 Å². The molecule has 1 aromatic rings. The quantitative estimate of drug-likeness (QED) is 0.643. The van der Waals surface area contributed by atoms with E-state index in [1.54, 1.807) is 0 Å². The maximum absolute atomic E-state index is 8.91. The number of halogens is 1. The van der Waals surface area contributed by atoms with Crippen LogP contribution in [0.2, 0.25) is 0 Å². The molecule has 1 fully saturated rings. The van der Waals surface area contributed by atoms with Crippen LogP contribution in [-0.2, 0) is 0 Å². The summed E-state index contributed by atoms with van der Waals surface area (Å²) < 4.78 is 0. The Morgan fingerprint density at radius 1 is 1.39 bits per heavy atom. The number of nitrogens with zero attached hydrogens (tertiary/aromatic N) is 4. The molecule has 1 aromatic heterocycles. The van der Waals surface area contributed by atoms with Crippen LogP contribution in [0.5, 0.6) is 0 Å². The van der Waals surface area contributed by atoms with Crippen molar-refractivity contribution in [3.63, 3.8) is 0 Å². The zero-order valence-corrected chi connectivity index (χ0v) is 10.5. The van der Waals surface area contributed by atoms with E-state index in [2.05, 4.69) is 19.7 Å². The summed E-state index contributed by atoms with van der Waals surface area (Å²) in [4.78, 5) is 12.6. The molecule has 7 heteroatoms. The minimum Gasteiger partial charge on any atom is -0.356 e. The van der Waals surface area contributed by atoms with Gasteiger partial charge < -0.3 is 4.90 Å². The second-order valence-electron chi connectivity index (χ2n) is 4.05. The zero-order valence-electron chi connectivity index (χ0n) is 9.78. The Morgan fingerprint density at radius 3 is 2.72 bits per heavy atom. The third-order valence-electron chi connectivity index (χ3n) is 2.93. The van der Waals surface area contributed by atoms with Gasteiger partial charge in [-0.25, -0.2) is 9.97 Å². The molecule has 0 aliphatic carbocycles. The lowest BCUT2D eigenvalue weighted by molar-refractivity contribution is 0.573. The molecule has 0 spiro atoms. The fraction of sp³-hybridized carbons (Fsp3) is 0.455. The minimum atomic E-state index is -0.181. The summed E-state index contributed by atoms with van der Waals surface area (Å²) in [6, 6.07) is 1.81. The highest BCUT2D eigenvalue weighted by Gasteiger charge is 2.21. The Bertz CT molecular complexity index is 489. The maximum Gasteiger partial charge on any atom is 0.156 e. The van der Waals surface area contributed by atoms with Crippen LogP contribution in [0.4, 0.5) is 11.6 Å². The SMILES string of the molecule is N#CC(=N)c1c(NCl)ncnc1N1CCCCC1. The molecule has 0 saturated carbocycles. The van der Waals surface area contributed by atoms with E-state index in [9.17, 15) is 0 Å². The van der Waals surface area contributed by atoms with Gasteiger partial charge in [-0.1, -0.05) is 0 Å². The molecule has 6 nitrogen and oxygen atoms in total. The Morgan fingerprint density at radius 2 is 2.11 bits per heavy atom. The summed E-state index contributed by atoms with van der Waals surface area (Å²) in [5.74, 6) is 0.915. The summed E-state index contributed by atoms with van der Waals surface area (Å²) in [6.07, 6.45) is 4.77. The Kier molecular flexibility index (Phi) is 3.95. The van der Waals surface area contributed by atoms with Gasteiger partial charge in [0, 0.05) is 24.9 Å². The van der Waals surface area contributed by atoms with Crippen LogP contribution in [0.1, 0.15) is 24.8 Å². The average Bonchev–Trinajstić information content (AvgIpc) is 2.46. The van der Waals surface area contributed by atoms with Gasteiger partial charge in [-0.05, 0) is 19.3 Å². The molecule has 0 amide bonds. The molecule has 2 N–H and O–H groups in total. The highest BCUT2D eigenvalue weighted by molar-refractivity contribution is 6.26. The number of nitriles is 1. The lowest BCUT2D eigenvalue weighted by Crippen LogP contribution is -2.32. The van der Waals surface area contributed by atoms with Crippen molar-refractivity contribution in [2.75, 3.05) is 22.8 Å². The van der Waals surface area contributed by atoms with Crippen molar-refractivity contribution in [3.8, 4) is 6.07 Å². The van der Waals surface area contributed by atoms with E-state index in [1.165, 1.54) is 12.7 Å². The first-order valence-corrected chi connectivity index (χ1v) is 6.11. The van der Waals surface area contributed by atoms with Gasteiger partial charge in [0.05, 0.1) is 5.56 Å². The van der Waals surface area contributed by atoms with Crippen LogP contribution in [-0.4, -0.2) is 28.8 Å². The van der Waals surface area contributed by atoms with E-state index >= 15 is 0 Å². The molecule has 0 bridgehead atoms. The van der Waals surface area contributed by atoms with Crippen LogP contribution in [0.3, 0.4) is 0 Å². The first kappa shape index (κ1) is 12.6. The summed E-state index contributed by atoms with van der Waals surface area (Å²) in [7, 11) is 0. The van der Waals surface area contributed by atoms with Crippen molar-refractivity contribution >= 4 is 29.1 Å². The van der Waals surface area contributed by atoms with E-state index in [-0.39, 0.29) is 5.71 Å². The van der Waals surface area contributed by atoms with E-state index in [1.807, 2.05) is 6.07 Å². The smallest absolute Gasteiger partial charge is 0.156 e. The molecular weight excluding hydrogens is 252 g/mol. The fourth-order valence-corrected chi connectivity index (χ4v) is 2.22. The third-order valence-corrected chi connectivity index (χ3v) is 3.11. The summed E-state index contributed by atoms with van der Waals surface area (Å²) in [6.45, 7) is 1.76. The molecule has 1 aliphatic heterocycles. The van der Waals surface area contributed by atoms with E-state index in [0.29, 0.717) is 17.2 Å². The maximum atomic E-state index is 8.91. The molecular formula is C11H13ClN6. The number of aromatic nitrogens is 2. The van der Waals surface area contributed by atoms with Crippen LogP contribution >= 0.6 is 11.8 Å². The van der Waals surface area contributed by atoms with Gasteiger partial charge in [0.1, 0.15) is 23.9 Å². The number of hydrogen-bond donors (Lipinski definition) is 2. The topological polar surface area (TPSA) is 88.7 Å². The number of rotatable bonds is 3. The molecule has 1 saturated heterocycles. The normalized spacial score (nSPS) is 15.0. The molecule has 2 rings (SSSR count). The predicted molar refractivity (Wildman–Crippen MR) is 70.0 cm³/mol.